The van der Waals surface area contributed by atoms with E-state index >= 15 is 0 Å². The Bertz CT molecular complexity index is 549. The van der Waals surface area contributed by atoms with Gasteiger partial charge in [-0.2, -0.15) is 0 Å². The summed E-state index contributed by atoms with van der Waals surface area (Å²) in [5.41, 5.74) is 6.13. The van der Waals surface area contributed by atoms with Gasteiger partial charge in [0, 0.05) is 24.6 Å². The van der Waals surface area contributed by atoms with Crippen LogP contribution in [0.5, 0.6) is 0 Å². The molecule has 0 amide bonds. The zero-order valence-corrected chi connectivity index (χ0v) is 14.7. The number of nitrogens with zero attached hydrogens (tertiary/aromatic N) is 2. The zero-order valence-electron chi connectivity index (χ0n) is 12.3. The fraction of sp³-hybridized carbons (Fsp3) is 0.533. The predicted molar refractivity (Wildman–Crippen MR) is 91.5 cm³/mol. The number of aliphatic imine (C=N–C) groups is 1. The van der Waals surface area contributed by atoms with Crippen molar-refractivity contribution in [3.8, 4) is 0 Å². The standard InChI is InChI=1S/C15H19F2N3O.HI/c1-9-8-20(5-6-21-9)15(18)19-13-7-10(13)14-11(16)3-2-4-12(14)17;/h2-4,9-10,13H,5-8H2,1H3,(H2,18,19);1H/t9?,10-,13-;/m1./s1. The lowest BCUT2D eigenvalue weighted by Gasteiger charge is -2.31. The van der Waals surface area contributed by atoms with E-state index in [2.05, 4.69) is 4.99 Å². The fourth-order valence-corrected chi connectivity index (χ4v) is 2.78. The van der Waals surface area contributed by atoms with E-state index in [4.69, 9.17) is 10.5 Å². The summed E-state index contributed by atoms with van der Waals surface area (Å²) >= 11 is 0. The van der Waals surface area contributed by atoms with Gasteiger partial charge in [-0.05, 0) is 25.5 Å². The Kier molecular flexibility index (Phi) is 5.60. The van der Waals surface area contributed by atoms with E-state index in [-0.39, 0.29) is 47.6 Å². The monoisotopic (exact) mass is 423 g/mol. The van der Waals surface area contributed by atoms with Crippen LogP contribution in [-0.2, 0) is 4.74 Å². The van der Waals surface area contributed by atoms with Gasteiger partial charge >= 0.3 is 0 Å². The van der Waals surface area contributed by atoms with Crippen LogP contribution in [0.25, 0.3) is 0 Å². The number of nitrogens with two attached hydrogens (primary N) is 1. The fourth-order valence-electron chi connectivity index (χ4n) is 2.78. The number of ether oxygens (including phenoxy) is 1. The molecular formula is C15H20F2IN3O. The number of hydrogen-bond donors (Lipinski definition) is 1. The van der Waals surface area contributed by atoms with Gasteiger partial charge in [0.15, 0.2) is 5.96 Å². The minimum atomic E-state index is -0.503. The predicted octanol–water partition coefficient (Wildman–Crippen LogP) is 2.47. The number of morpholine rings is 1. The molecule has 2 N–H and O–H groups in total. The molecule has 1 unspecified atom stereocenters. The average Bonchev–Trinajstić information content (AvgIpc) is 3.17. The van der Waals surface area contributed by atoms with Crippen LogP contribution in [0.4, 0.5) is 8.78 Å². The molecule has 2 fully saturated rings. The van der Waals surface area contributed by atoms with Crippen molar-refractivity contribution < 1.29 is 13.5 Å². The first-order valence-corrected chi connectivity index (χ1v) is 7.20. The first-order chi connectivity index (χ1) is 10.1. The van der Waals surface area contributed by atoms with Crippen molar-refractivity contribution in [2.45, 2.75) is 31.4 Å². The Morgan fingerprint density at radius 2 is 2.05 bits per heavy atom. The summed E-state index contributed by atoms with van der Waals surface area (Å²) in [6.07, 6.45) is 0.754. The number of benzene rings is 1. The van der Waals surface area contributed by atoms with Crippen molar-refractivity contribution in [2.24, 2.45) is 10.7 Å². The van der Waals surface area contributed by atoms with Crippen LogP contribution in [0, 0.1) is 11.6 Å². The lowest BCUT2D eigenvalue weighted by Crippen LogP contribution is -2.48. The molecule has 1 saturated carbocycles. The van der Waals surface area contributed by atoms with Crippen molar-refractivity contribution in [3.05, 3.63) is 35.4 Å². The summed E-state index contributed by atoms with van der Waals surface area (Å²) in [5, 5.41) is 0. The third kappa shape index (κ3) is 3.68. The molecule has 7 heteroatoms. The molecule has 1 heterocycles. The Morgan fingerprint density at radius 3 is 2.68 bits per heavy atom. The molecule has 4 nitrogen and oxygen atoms in total. The third-order valence-corrected chi connectivity index (χ3v) is 3.99. The van der Waals surface area contributed by atoms with Crippen LogP contribution < -0.4 is 5.73 Å². The molecule has 122 valence electrons. The molecule has 1 aliphatic heterocycles. The summed E-state index contributed by atoms with van der Waals surface area (Å²) < 4.78 is 32.9. The highest BCUT2D eigenvalue weighted by Crippen LogP contribution is 2.45. The zero-order chi connectivity index (χ0) is 15.0. The molecule has 1 aromatic rings. The second-order valence-corrected chi connectivity index (χ2v) is 5.66. The normalized spacial score (nSPS) is 28.2. The van der Waals surface area contributed by atoms with E-state index in [1.54, 1.807) is 0 Å². The number of rotatable bonds is 2. The lowest BCUT2D eigenvalue weighted by molar-refractivity contribution is 0.00528. The van der Waals surface area contributed by atoms with Crippen molar-refractivity contribution in [1.82, 2.24) is 4.90 Å². The van der Waals surface area contributed by atoms with Crippen LogP contribution in [-0.4, -0.2) is 42.7 Å². The largest absolute Gasteiger partial charge is 0.375 e. The first-order valence-electron chi connectivity index (χ1n) is 7.20. The highest BCUT2D eigenvalue weighted by molar-refractivity contribution is 14.0. The maximum atomic E-state index is 13.7. The van der Waals surface area contributed by atoms with Gasteiger partial charge in [-0.15, -0.1) is 24.0 Å². The summed E-state index contributed by atoms with van der Waals surface area (Å²) in [6.45, 7) is 3.99. The molecule has 1 aliphatic carbocycles. The Morgan fingerprint density at radius 1 is 1.36 bits per heavy atom. The molecule has 1 aromatic carbocycles. The van der Waals surface area contributed by atoms with E-state index in [0.717, 1.165) is 0 Å². The van der Waals surface area contributed by atoms with E-state index in [1.807, 2.05) is 11.8 Å². The number of halogens is 3. The smallest absolute Gasteiger partial charge is 0.191 e. The maximum absolute atomic E-state index is 13.7. The number of guanidine groups is 1. The minimum Gasteiger partial charge on any atom is -0.375 e. The van der Waals surface area contributed by atoms with E-state index in [9.17, 15) is 8.78 Å². The molecule has 22 heavy (non-hydrogen) atoms. The Balaban J connectivity index is 0.00000176. The Labute approximate surface area is 145 Å². The summed E-state index contributed by atoms with van der Waals surface area (Å²) in [4.78, 5) is 6.38. The van der Waals surface area contributed by atoms with Crippen LogP contribution in [0.3, 0.4) is 0 Å². The average molecular weight is 423 g/mol. The van der Waals surface area contributed by atoms with Crippen molar-refractivity contribution >= 4 is 29.9 Å². The van der Waals surface area contributed by atoms with Crippen molar-refractivity contribution in [2.75, 3.05) is 19.7 Å². The van der Waals surface area contributed by atoms with Crippen molar-refractivity contribution in [3.63, 3.8) is 0 Å². The molecule has 0 spiro atoms. The molecular weight excluding hydrogens is 403 g/mol. The van der Waals surface area contributed by atoms with Crippen LogP contribution in [0.1, 0.15) is 24.8 Å². The highest BCUT2D eigenvalue weighted by atomic mass is 127. The van der Waals surface area contributed by atoms with Gasteiger partial charge in [0.25, 0.3) is 0 Å². The van der Waals surface area contributed by atoms with Gasteiger partial charge in [0.1, 0.15) is 11.6 Å². The lowest BCUT2D eigenvalue weighted by atomic mass is 10.1. The summed E-state index contributed by atoms with van der Waals surface area (Å²) in [5.74, 6) is -0.773. The van der Waals surface area contributed by atoms with Gasteiger partial charge in [-0.25, -0.2) is 13.8 Å². The van der Waals surface area contributed by atoms with Crippen LogP contribution in [0.2, 0.25) is 0 Å². The van der Waals surface area contributed by atoms with Gasteiger partial charge in [-0.1, -0.05) is 6.07 Å². The minimum absolute atomic E-state index is 0. The maximum Gasteiger partial charge on any atom is 0.191 e. The van der Waals surface area contributed by atoms with Gasteiger partial charge < -0.3 is 15.4 Å². The van der Waals surface area contributed by atoms with Crippen LogP contribution in [0.15, 0.2) is 23.2 Å². The number of hydrogen-bond acceptors (Lipinski definition) is 2. The van der Waals surface area contributed by atoms with E-state index in [1.165, 1.54) is 18.2 Å². The summed E-state index contributed by atoms with van der Waals surface area (Å²) in [6, 6.07) is 3.81. The summed E-state index contributed by atoms with van der Waals surface area (Å²) in [7, 11) is 0. The van der Waals surface area contributed by atoms with E-state index < -0.39 is 11.6 Å². The molecule has 0 bridgehead atoms. The van der Waals surface area contributed by atoms with Gasteiger partial charge in [-0.3, -0.25) is 0 Å². The quantitative estimate of drug-likeness (QED) is 0.452. The molecule has 1 saturated heterocycles. The van der Waals surface area contributed by atoms with Crippen LogP contribution >= 0.6 is 24.0 Å². The van der Waals surface area contributed by atoms with E-state index in [0.29, 0.717) is 32.1 Å². The van der Waals surface area contributed by atoms with Crippen molar-refractivity contribution in [1.29, 1.82) is 0 Å². The SMILES string of the molecule is CC1CN(C(N)=N[C@@H]2C[C@H]2c2c(F)cccc2F)CCO1.I. The molecule has 0 radical (unpaired) electrons. The molecule has 3 rings (SSSR count). The second-order valence-electron chi connectivity index (χ2n) is 5.66. The molecule has 2 aliphatic rings. The molecule has 3 atom stereocenters. The highest BCUT2D eigenvalue weighted by Gasteiger charge is 2.42. The first kappa shape index (κ1) is 17.4. The molecule has 0 aromatic heterocycles. The third-order valence-electron chi connectivity index (χ3n) is 3.99. The second kappa shape index (κ2) is 7.08. The Hall–Kier alpha value is -0.960. The van der Waals surface area contributed by atoms with Gasteiger partial charge in [0.05, 0.1) is 18.8 Å². The van der Waals surface area contributed by atoms with Gasteiger partial charge in [0.2, 0.25) is 0 Å². The topological polar surface area (TPSA) is 50.8 Å².